The highest BCUT2D eigenvalue weighted by molar-refractivity contribution is 7.09. The van der Waals surface area contributed by atoms with E-state index in [-0.39, 0.29) is 5.91 Å². The van der Waals surface area contributed by atoms with E-state index in [1.54, 1.807) is 13.8 Å². The Bertz CT molecular complexity index is 546. The fourth-order valence-corrected chi connectivity index (χ4v) is 2.03. The lowest BCUT2D eigenvalue weighted by molar-refractivity contribution is 0.102. The fraction of sp³-hybridized carbons (Fsp3) is 0.400. The lowest BCUT2D eigenvalue weighted by Gasteiger charge is -2.00. The van der Waals surface area contributed by atoms with Gasteiger partial charge in [0, 0.05) is 11.5 Å². The highest BCUT2D eigenvalue weighted by Gasteiger charge is 2.20. The third-order valence-electron chi connectivity index (χ3n) is 2.24. The summed E-state index contributed by atoms with van der Waals surface area (Å²) in [6.45, 7) is 5.41. The molecule has 0 spiro atoms. The van der Waals surface area contributed by atoms with Gasteiger partial charge in [-0.3, -0.25) is 10.1 Å². The van der Waals surface area contributed by atoms with Gasteiger partial charge in [-0.2, -0.15) is 4.37 Å². The number of hydrogen-bond donors (Lipinski definition) is 1. The Hall–Kier alpha value is -1.76. The second-order valence-electron chi connectivity index (χ2n) is 3.51. The summed E-state index contributed by atoms with van der Waals surface area (Å²) in [5.41, 5.74) is 1.14. The first kappa shape index (κ1) is 11.7. The van der Waals surface area contributed by atoms with Gasteiger partial charge in [0.25, 0.3) is 5.91 Å². The number of amides is 1. The Morgan fingerprint density at radius 3 is 2.82 bits per heavy atom. The van der Waals surface area contributed by atoms with E-state index >= 15 is 0 Å². The van der Waals surface area contributed by atoms with Crippen LogP contribution in [0.2, 0.25) is 0 Å². The van der Waals surface area contributed by atoms with Crippen molar-refractivity contribution in [3.8, 4) is 0 Å². The van der Waals surface area contributed by atoms with Crippen LogP contribution in [0.1, 0.15) is 34.6 Å². The molecule has 0 saturated carbocycles. The average molecular weight is 252 g/mol. The zero-order valence-electron chi connectivity index (χ0n) is 9.77. The summed E-state index contributed by atoms with van der Waals surface area (Å²) in [5, 5.41) is 7.00. The quantitative estimate of drug-likeness (QED) is 0.903. The van der Waals surface area contributed by atoms with Gasteiger partial charge in [-0.25, -0.2) is 4.98 Å². The Labute approximate surface area is 102 Å². The zero-order chi connectivity index (χ0) is 12.4. The van der Waals surface area contributed by atoms with Gasteiger partial charge in [0.15, 0.2) is 0 Å². The van der Waals surface area contributed by atoms with Gasteiger partial charge in [-0.15, -0.1) is 0 Å². The highest BCUT2D eigenvalue weighted by Crippen LogP contribution is 2.17. The Kier molecular flexibility index (Phi) is 3.19. The molecule has 0 radical (unpaired) electrons. The molecule has 1 N–H and O–H groups in total. The minimum atomic E-state index is -0.253. The van der Waals surface area contributed by atoms with Gasteiger partial charge in [-0.05, 0) is 20.3 Å². The monoisotopic (exact) mass is 252 g/mol. The molecule has 2 rings (SSSR count). The van der Waals surface area contributed by atoms with Crippen molar-refractivity contribution in [1.29, 1.82) is 0 Å². The molecule has 0 aliphatic heterocycles. The fourth-order valence-electron chi connectivity index (χ4n) is 1.46. The van der Waals surface area contributed by atoms with E-state index in [1.807, 2.05) is 6.92 Å². The normalized spacial score (nSPS) is 10.5. The van der Waals surface area contributed by atoms with E-state index in [9.17, 15) is 4.79 Å². The first-order chi connectivity index (χ1) is 8.11. The minimum absolute atomic E-state index is 0.253. The molecule has 17 heavy (non-hydrogen) atoms. The smallest absolute Gasteiger partial charge is 0.263 e. The van der Waals surface area contributed by atoms with Crippen LogP contribution in [0.15, 0.2) is 4.52 Å². The van der Waals surface area contributed by atoms with Crippen LogP contribution in [-0.2, 0) is 6.42 Å². The van der Waals surface area contributed by atoms with Crippen molar-refractivity contribution >= 4 is 22.6 Å². The molecule has 0 atom stereocenters. The predicted molar refractivity (Wildman–Crippen MR) is 63.2 cm³/mol. The summed E-state index contributed by atoms with van der Waals surface area (Å²) in [7, 11) is 0. The number of nitrogens with one attached hydrogen (secondary N) is 1. The van der Waals surface area contributed by atoms with Gasteiger partial charge in [0.05, 0.1) is 5.69 Å². The Morgan fingerprint density at radius 1 is 1.47 bits per heavy atom. The SMILES string of the molecule is CCc1noc(C)c1C(=O)Nc1nc(C)ns1. The van der Waals surface area contributed by atoms with Gasteiger partial charge in [0.2, 0.25) is 5.13 Å². The molecule has 0 aliphatic rings. The van der Waals surface area contributed by atoms with Crippen LogP contribution in [0.5, 0.6) is 0 Å². The van der Waals surface area contributed by atoms with Gasteiger partial charge in [0.1, 0.15) is 17.1 Å². The van der Waals surface area contributed by atoms with Crippen LogP contribution in [-0.4, -0.2) is 20.4 Å². The molecule has 0 fully saturated rings. The van der Waals surface area contributed by atoms with Gasteiger partial charge >= 0.3 is 0 Å². The first-order valence-electron chi connectivity index (χ1n) is 5.18. The molecule has 0 aliphatic carbocycles. The highest BCUT2D eigenvalue weighted by atomic mass is 32.1. The number of carbonyl (C=O) groups excluding carboxylic acids is 1. The van der Waals surface area contributed by atoms with E-state index in [2.05, 4.69) is 19.8 Å². The van der Waals surface area contributed by atoms with E-state index in [0.717, 1.165) is 11.5 Å². The molecule has 2 aromatic heterocycles. The summed E-state index contributed by atoms with van der Waals surface area (Å²) in [5.74, 6) is 0.903. The number of aromatic nitrogens is 3. The molecule has 0 bridgehead atoms. The van der Waals surface area contributed by atoms with E-state index in [4.69, 9.17) is 4.52 Å². The third kappa shape index (κ3) is 2.33. The average Bonchev–Trinajstić information content (AvgIpc) is 2.84. The maximum atomic E-state index is 12.0. The van der Waals surface area contributed by atoms with Crippen LogP contribution < -0.4 is 5.32 Å². The van der Waals surface area contributed by atoms with Gasteiger partial charge in [-0.1, -0.05) is 12.1 Å². The van der Waals surface area contributed by atoms with Crippen molar-refractivity contribution in [3.63, 3.8) is 0 Å². The standard InChI is InChI=1S/C10H12N4O2S/c1-4-7-8(5(2)16-13-7)9(15)12-10-11-6(3)14-17-10/h4H2,1-3H3,(H,11,12,14,15). The van der Waals surface area contributed by atoms with Crippen LogP contribution in [0.4, 0.5) is 5.13 Å². The minimum Gasteiger partial charge on any atom is -0.361 e. The van der Waals surface area contributed by atoms with Crippen molar-refractivity contribution in [1.82, 2.24) is 14.5 Å². The molecule has 7 heteroatoms. The molecular formula is C10H12N4O2S. The van der Waals surface area contributed by atoms with Gasteiger partial charge < -0.3 is 4.52 Å². The Morgan fingerprint density at radius 2 is 2.24 bits per heavy atom. The van der Waals surface area contributed by atoms with Crippen LogP contribution >= 0.6 is 11.5 Å². The van der Waals surface area contributed by atoms with Crippen LogP contribution in [0.25, 0.3) is 0 Å². The van der Waals surface area contributed by atoms with Crippen molar-refractivity contribution in [2.24, 2.45) is 0 Å². The van der Waals surface area contributed by atoms with Crippen LogP contribution in [0, 0.1) is 13.8 Å². The molecule has 0 unspecified atom stereocenters. The summed E-state index contributed by atoms with van der Waals surface area (Å²) < 4.78 is 9.00. The summed E-state index contributed by atoms with van der Waals surface area (Å²) in [4.78, 5) is 16.1. The van der Waals surface area contributed by atoms with Crippen molar-refractivity contribution in [2.75, 3.05) is 5.32 Å². The summed E-state index contributed by atoms with van der Waals surface area (Å²) >= 11 is 1.15. The second-order valence-corrected chi connectivity index (χ2v) is 4.27. The van der Waals surface area contributed by atoms with Crippen molar-refractivity contribution < 1.29 is 9.32 Å². The molecule has 2 heterocycles. The number of nitrogens with zero attached hydrogens (tertiary/aromatic N) is 3. The van der Waals surface area contributed by atoms with Crippen molar-refractivity contribution in [2.45, 2.75) is 27.2 Å². The molecule has 2 aromatic rings. The molecular weight excluding hydrogens is 240 g/mol. The van der Waals surface area contributed by atoms with Crippen molar-refractivity contribution in [3.05, 3.63) is 22.8 Å². The van der Waals surface area contributed by atoms with E-state index in [1.165, 1.54) is 0 Å². The Balaban J connectivity index is 2.22. The first-order valence-corrected chi connectivity index (χ1v) is 5.96. The predicted octanol–water partition coefficient (Wildman–Crippen LogP) is 1.96. The summed E-state index contributed by atoms with van der Waals surface area (Å²) in [6, 6.07) is 0. The maximum absolute atomic E-state index is 12.0. The number of anilines is 1. The number of rotatable bonds is 3. The maximum Gasteiger partial charge on any atom is 0.263 e. The molecule has 90 valence electrons. The zero-order valence-corrected chi connectivity index (χ0v) is 10.6. The number of aryl methyl sites for hydroxylation is 3. The number of hydrogen-bond acceptors (Lipinski definition) is 6. The molecule has 0 saturated heterocycles. The third-order valence-corrected chi connectivity index (χ3v) is 2.97. The lowest BCUT2D eigenvalue weighted by atomic mass is 10.1. The van der Waals surface area contributed by atoms with E-state index in [0.29, 0.717) is 34.4 Å². The molecule has 0 aromatic carbocycles. The lowest BCUT2D eigenvalue weighted by Crippen LogP contribution is -2.14. The van der Waals surface area contributed by atoms with Crippen LogP contribution in [0.3, 0.4) is 0 Å². The molecule has 6 nitrogen and oxygen atoms in total. The summed E-state index contributed by atoms with van der Waals surface area (Å²) in [6.07, 6.45) is 0.648. The second kappa shape index (κ2) is 4.62. The molecule has 1 amide bonds. The number of carbonyl (C=O) groups is 1. The largest absolute Gasteiger partial charge is 0.361 e. The van der Waals surface area contributed by atoms with E-state index < -0.39 is 0 Å². The topological polar surface area (TPSA) is 80.9 Å².